The van der Waals surface area contributed by atoms with Crippen molar-refractivity contribution in [2.45, 2.75) is 26.9 Å². The van der Waals surface area contributed by atoms with Crippen LogP contribution in [0.5, 0.6) is 5.75 Å². The number of carbonyl (C=O) groups excluding carboxylic acids is 2. The Kier molecular flexibility index (Phi) is 6.55. The molecule has 2 N–H and O–H groups in total. The maximum atomic E-state index is 12.8. The third-order valence-electron chi connectivity index (χ3n) is 4.90. The SMILES string of the molecule is C=C(C)C(=O)n1ccc(N2CCOc3cc(C(=O)N(CC)CC(C)O)cnc32)cc1=N. The van der Waals surface area contributed by atoms with Gasteiger partial charge < -0.3 is 19.6 Å². The number of amides is 1. The molecule has 0 radical (unpaired) electrons. The summed E-state index contributed by atoms with van der Waals surface area (Å²) in [4.78, 5) is 32.8. The van der Waals surface area contributed by atoms with Gasteiger partial charge in [0.05, 0.1) is 18.2 Å². The van der Waals surface area contributed by atoms with Crippen molar-refractivity contribution >= 4 is 23.3 Å². The number of allylic oxidation sites excluding steroid dienone is 1. The predicted molar refractivity (Wildman–Crippen MR) is 116 cm³/mol. The van der Waals surface area contributed by atoms with Crippen LogP contribution in [0.2, 0.25) is 0 Å². The van der Waals surface area contributed by atoms with Crippen LogP contribution in [0.3, 0.4) is 0 Å². The van der Waals surface area contributed by atoms with Crippen molar-refractivity contribution in [1.82, 2.24) is 14.5 Å². The summed E-state index contributed by atoms with van der Waals surface area (Å²) in [6.07, 6.45) is 2.40. The molecule has 0 spiro atoms. The largest absolute Gasteiger partial charge is 0.488 e. The molecule has 0 aliphatic carbocycles. The summed E-state index contributed by atoms with van der Waals surface area (Å²) in [6.45, 7) is 10.3. The van der Waals surface area contributed by atoms with Crippen LogP contribution in [0, 0.1) is 5.41 Å². The van der Waals surface area contributed by atoms with E-state index in [1.165, 1.54) is 17.0 Å². The van der Waals surface area contributed by atoms with Crippen molar-refractivity contribution in [2.75, 3.05) is 31.1 Å². The van der Waals surface area contributed by atoms with Crippen LogP contribution in [0.1, 0.15) is 35.9 Å². The molecule has 1 atom stereocenters. The Labute approximate surface area is 180 Å². The van der Waals surface area contributed by atoms with Gasteiger partial charge in [-0.1, -0.05) is 6.58 Å². The van der Waals surface area contributed by atoms with Crippen LogP contribution in [0.4, 0.5) is 11.5 Å². The van der Waals surface area contributed by atoms with Crippen molar-refractivity contribution in [3.05, 3.63) is 53.8 Å². The van der Waals surface area contributed by atoms with Gasteiger partial charge in [0.25, 0.3) is 11.8 Å². The number of aromatic nitrogens is 2. The molecule has 9 nitrogen and oxygen atoms in total. The predicted octanol–water partition coefficient (Wildman–Crippen LogP) is 1.95. The van der Waals surface area contributed by atoms with Gasteiger partial charge in [-0.25, -0.2) is 4.98 Å². The quantitative estimate of drug-likeness (QED) is 0.685. The Morgan fingerprint density at radius 2 is 2.16 bits per heavy atom. The van der Waals surface area contributed by atoms with Crippen molar-refractivity contribution < 1.29 is 19.4 Å². The third-order valence-corrected chi connectivity index (χ3v) is 4.90. The lowest BCUT2D eigenvalue weighted by molar-refractivity contribution is 0.0659. The molecule has 2 aromatic rings. The number of hydrogen-bond acceptors (Lipinski definition) is 7. The Morgan fingerprint density at radius 1 is 1.42 bits per heavy atom. The second-order valence-corrected chi connectivity index (χ2v) is 7.46. The van der Waals surface area contributed by atoms with Gasteiger partial charge in [0.15, 0.2) is 11.6 Å². The van der Waals surface area contributed by atoms with E-state index < -0.39 is 6.10 Å². The first-order valence-electron chi connectivity index (χ1n) is 10.1. The number of aliphatic hydroxyl groups excluding tert-OH is 1. The minimum absolute atomic E-state index is 0.0297. The summed E-state index contributed by atoms with van der Waals surface area (Å²) in [5, 5.41) is 17.8. The first-order valence-corrected chi connectivity index (χ1v) is 10.1. The van der Waals surface area contributed by atoms with E-state index >= 15 is 0 Å². The maximum Gasteiger partial charge on any atom is 0.258 e. The molecule has 31 heavy (non-hydrogen) atoms. The zero-order valence-corrected chi connectivity index (χ0v) is 18.0. The molecule has 0 fully saturated rings. The lowest BCUT2D eigenvalue weighted by Gasteiger charge is -2.30. The lowest BCUT2D eigenvalue weighted by atomic mass is 10.2. The number of nitrogens with one attached hydrogen (secondary N) is 1. The van der Waals surface area contributed by atoms with Crippen molar-refractivity contribution in [3.8, 4) is 5.75 Å². The van der Waals surface area contributed by atoms with Gasteiger partial charge in [-0.2, -0.15) is 0 Å². The summed E-state index contributed by atoms with van der Waals surface area (Å²) in [5.41, 5.74) is 1.44. The molecule has 3 heterocycles. The van der Waals surface area contributed by atoms with E-state index in [1.54, 1.807) is 36.9 Å². The number of rotatable bonds is 6. The van der Waals surface area contributed by atoms with Gasteiger partial charge in [0.1, 0.15) is 12.1 Å². The fraction of sp³-hybridized carbons (Fsp3) is 0.364. The van der Waals surface area contributed by atoms with Crippen LogP contribution in [0.25, 0.3) is 0 Å². The number of pyridine rings is 2. The number of fused-ring (bicyclic) bond motifs is 1. The van der Waals surface area contributed by atoms with Gasteiger partial charge >= 0.3 is 0 Å². The molecule has 2 aromatic heterocycles. The smallest absolute Gasteiger partial charge is 0.258 e. The number of hydrogen-bond donors (Lipinski definition) is 2. The number of aliphatic hydroxyl groups is 1. The highest BCUT2D eigenvalue weighted by Gasteiger charge is 2.25. The highest BCUT2D eigenvalue weighted by Crippen LogP contribution is 2.34. The number of ether oxygens (including phenoxy) is 1. The Morgan fingerprint density at radius 3 is 2.77 bits per heavy atom. The van der Waals surface area contributed by atoms with Crippen LogP contribution < -0.4 is 15.1 Å². The van der Waals surface area contributed by atoms with E-state index in [2.05, 4.69) is 11.6 Å². The monoisotopic (exact) mass is 425 g/mol. The maximum absolute atomic E-state index is 12.8. The Bertz CT molecular complexity index is 1080. The summed E-state index contributed by atoms with van der Waals surface area (Å²) in [5.74, 6) is 0.432. The number of anilines is 2. The van der Waals surface area contributed by atoms with Gasteiger partial charge in [-0.15, -0.1) is 0 Å². The number of likely N-dealkylation sites (N-methyl/N-ethyl adjacent to an activating group) is 1. The van der Waals surface area contributed by atoms with Gasteiger partial charge in [-0.3, -0.25) is 19.6 Å². The molecular weight excluding hydrogens is 398 g/mol. The molecule has 3 rings (SSSR count). The van der Waals surface area contributed by atoms with E-state index in [1.807, 2.05) is 11.8 Å². The highest BCUT2D eigenvalue weighted by molar-refractivity contribution is 5.95. The van der Waals surface area contributed by atoms with Gasteiger partial charge in [0, 0.05) is 42.8 Å². The molecule has 1 aliphatic rings. The fourth-order valence-corrected chi connectivity index (χ4v) is 3.36. The molecule has 1 aliphatic heterocycles. The van der Waals surface area contributed by atoms with E-state index in [9.17, 15) is 14.7 Å². The van der Waals surface area contributed by atoms with Crippen LogP contribution in [0.15, 0.2) is 42.7 Å². The van der Waals surface area contributed by atoms with Gasteiger partial charge in [-0.05, 0) is 32.9 Å². The first kappa shape index (κ1) is 22.2. The third kappa shape index (κ3) is 4.66. The van der Waals surface area contributed by atoms with Crippen molar-refractivity contribution in [1.29, 1.82) is 5.41 Å². The molecule has 0 saturated heterocycles. The lowest BCUT2D eigenvalue weighted by Crippen LogP contribution is -2.37. The van der Waals surface area contributed by atoms with E-state index in [4.69, 9.17) is 10.1 Å². The van der Waals surface area contributed by atoms with E-state index in [-0.39, 0.29) is 23.8 Å². The standard InChI is InChI=1S/C22H27N5O4/c1-5-25(13-15(4)28)22(30)16-10-18-20(24-12-16)26(8-9-31-18)17-6-7-27(19(23)11-17)21(29)14(2)3/h6-7,10-12,15,23,28H,2,5,8-9,13H2,1,3-4H3. The van der Waals surface area contributed by atoms with Crippen molar-refractivity contribution in [2.24, 2.45) is 0 Å². The minimum atomic E-state index is -0.627. The normalized spacial score (nSPS) is 13.7. The number of nitrogens with zero attached hydrogens (tertiary/aromatic N) is 4. The molecule has 9 heteroatoms. The molecule has 1 unspecified atom stereocenters. The molecule has 0 aromatic carbocycles. The number of carbonyl (C=O) groups is 2. The second-order valence-electron chi connectivity index (χ2n) is 7.46. The molecule has 0 bridgehead atoms. The fourth-order valence-electron chi connectivity index (χ4n) is 3.36. The zero-order valence-electron chi connectivity index (χ0n) is 18.0. The molecule has 164 valence electrons. The topological polar surface area (TPSA) is 112 Å². The second kappa shape index (κ2) is 9.13. The molecule has 1 amide bonds. The van der Waals surface area contributed by atoms with E-state index in [0.717, 1.165) is 0 Å². The minimum Gasteiger partial charge on any atom is -0.488 e. The summed E-state index contributed by atoms with van der Waals surface area (Å²) in [7, 11) is 0. The van der Waals surface area contributed by atoms with Crippen LogP contribution in [-0.4, -0.2) is 63.7 Å². The summed E-state index contributed by atoms with van der Waals surface area (Å²) < 4.78 is 6.97. The summed E-state index contributed by atoms with van der Waals surface area (Å²) in [6, 6.07) is 4.96. The molecular formula is C22H27N5O4. The van der Waals surface area contributed by atoms with E-state index in [0.29, 0.717) is 48.1 Å². The first-order chi connectivity index (χ1) is 14.7. The zero-order chi connectivity index (χ0) is 22.7. The van der Waals surface area contributed by atoms with Crippen LogP contribution in [-0.2, 0) is 0 Å². The Balaban J connectivity index is 1.91. The molecule has 0 saturated carbocycles. The van der Waals surface area contributed by atoms with Gasteiger partial charge in [0.2, 0.25) is 0 Å². The van der Waals surface area contributed by atoms with Crippen LogP contribution >= 0.6 is 0 Å². The average molecular weight is 425 g/mol. The van der Waals surface area contributed by atoms with Crippen molar-refractivity contribution in [3.63, 3.8) is 0 Å². The Hall–Kier alpha value is -3.46. The summed E-state index contributed by atoms with van der Waals surface area (Å²) >= 11 is 0. The average Bonchev–Trinajstić information content (AvgIpc) is 2.75. The highest BCUT2D eigenvalue weighted by atomic mass is 16.5.